The zero-order valence-electron chi connectivity index (χ0n) is 15.1. The maximum atomic E-state index is 3.74. The Labute approximate surface area is 143 Å². The van der Waals surface area contributed by atoms with Gasteiger partial charge in [0, 0.05) is 0 Å². The molecule has 1 saturated carbocycles. The number of benzene rings is 1. The molecule has 1 aliphatic rings. The van der Waals surface area contributed by atoms with Gasteiger partial charge in [-0.15, -0.1) is 0 Å². The van der Waals surface area contributed by atoms with Crippen LogP contribution >= 0.6 is 0 Å². The first kappa shape index (κ1) is 17.8. The van der Waals surface area contributed by atoms with Gasteiger partial charge in [0.1, 0.15) is 0 Å². The van der Waals surface area contributed by atoms with Crippen molar-refractivity contribution in [3.8, 4) is 0 Å². The zero-order chi connectivity index (χ0) is 16.8. The summed E-state index contributed by atoms with van der Waals surface area (Å²) >= 11 is 0. The van der Waals surface area contributed by atoms with Gasteiger partial charge in [-0.2, -0.15) is 0 Å². The van der Waals surface area contributed by atoms with E-state index >= 15 is 0 Å². The second kappa shape index (κ2) is 7.81. The van der Waals surface area contributed by atoms with E-state index in [0.717, 1.165) is 0 Å². The van der Waals surface area contributed by atoms with Crippen LogP contribution in [0.2, 0.25) is 0 Å². The molecule has 2 rings (SSSR count). The van der Waals surface area contributed by atoms with Gasteiger partial charge in [-0.1, -0.05) is 87.1 Å². The Morgan fingerprint density at radius 2 is 1.74 bits per heavy atom. The largest absolute Gasteiger partial charge is 0.0991 e. The predicted octanol–water partition coefficient (Wildman–Crippen LogP) is 6.99. The van der Waals surface area contributed by atoms with E-state index in [1.807, 2.05) is 12.2 Å². The lowest BCUT2D eigenvalue weighted by atomic mass is 9.58. The molecule has 1 aromatic carbocycles. The smallest absolute Gasteiger partial charge is 0.00464 e. The van der Waals surface area contributed by atoms with E-state index in [-0.39, 0.29) is 0 Å². The number of hydrogen-bond donors (Lipinski definition) is 0. The molecule has 23 heavy (non-hydrogen) atoms. The highest BCUT2D eigenvalue weighted by molar-refractivity contribution is 5.28. The van der Waals surface area contributed by atoms with Gasteiger partial charge in [-0.3, -0.25) is 0 Å². The van der Waals surface area contributed by atoms with E-state index in [9.17, 15) is 0 Å². The zero-order valence-corrected chi connectivity index (χ0v) is 15.1. The minimum Gasteiger partial charge on any atom is -0.0991 e. The van der Waals surface area contributed by atoms with Gasteiger partial charge in [-0.25, -0.2) is 0 Å². The topological polar surface area (TPSA) is 0 Å². The van der Waals surface area contributed by atoms with E-state index in [0.29, 0.717) is 10.8 Å². The fourth-order valence-corrected chi connectivity index (χ4v) is 4.11. The third-order valence-corrected chi connectivity index (χ3v) is 5.97. The van der Waals surface area contributed by atoms with Gasteiger partial charge in [0.05, 0.1) is 0 Å². The van der Waals surface area contributed by atoms with Crippen LogP contribution in [0.4, 0.5) is 0 Å². The van der Waals surface area contributed by atoms with Crippen molar-refractivity contribution in [2.75, 3.05) is 0 Å². The normalized spacial score (nSPS) is 28.9. The van der Waals surface area contributed by atoms with Crippen molar-refractivity contribution in [2.24, 2.45) is 5.41 Å². The van der Waals surface area contributed by atoms with Gasteiger partial charge in [0.15, 0.2) is 0 Å². The molecule has 0 aromatic heterocycles. The molecule has 124 valence electrons. The summed E-state index contributed by atoms with van der Waals surface area (Å²) in [6.45, 7) is 10.8. The van der Waals surface area contributed by atoms with E-state index in [1.54, 1.807) is 5.56 Å². The molecule has 0 nitrogen and oxygen atoms in total. The lowest BCUT2D eigenvalue weighted by Crippen LogP contribution is -2.36. The fraction of sp³-hybridized carbons (Fsp3) is 0.478. The Balaban J connectivity index is 2.18. The van der Waals surface area contributed by atoms with Crippen LogP contribution in [-0.2, 0) is 5.41 Å². The monoisotopic (exact) mass is 308 g/mol. The van der Waals surface area contributed by atoms with Crippen molar-refractivity contribution in [3.05, 3.63) is 72.4 Å². The van der Waals surface area contributed by atoms with Gasteiger partial charge < -0.3 is 0 Å². The van der Waals surface area contributed by atoms with Crippen molar-refractivity contribution < 1.29 is 0 Å². The molecule has 0 heteroatoms. The van der Waals surface area contributed by atoms with Crippen LogP contribution in [0.15, 0.2) is 66.8 Å². The molecule has 0 aliphatic heterocycles. The maximum Gasteiger partial charge on any atom is -0.00464 e. The van der Waals surface area contributed by atoms with Gasteiger partial charge in [-0.05, 0) is 55.4 Å². The fourth-order valence-electron chi connectivity index (χ4n) is 4.11. The molecule has 0 heterocycles. The molecule has 1 fully saturated rings. The van der Waals surface area contributed by atoms with Crippen LogP contribution in [0.25, 0.3) is 0 Å². The third-order valence-electron chi connectivity index (χ3n) is 5.97. The highest BCUT2D eigenvalue weighted by atomic mass is 14.5. The Morgan fingerprint density at radius 1 is 1.09 bits per heavy atom. The first-order valence-corrected chi connectivity index (χ1v) is 9.08. The quantitative estimate of drug-likeness (QED) is 0.497. The summed E-state index contributed by atoms with van der Waals surface area (Å²) in [6, 6.07) is 11.2. The summed E-state index contributed by atoms with van der Waals surface area (Å²) in [5, 5.41) is 0. The minimum absolute atomic E-state index is 0.345. The second-order valence-electron chi connectivity index (χ2n) is 7.43. The molecule has 0 radical (unpaired) electrons. The Hall–Kier alpha value is -1.56. The van der Waals surface area contributed by atoms with E-state index < -0.39 is 0 Å². The third kappa shape index (κ3) is 4.05. The Morgan fingerprint density at radius 3 is 2.30 bits per heavy atom. The Bertz CT molecular complexity index is 551. The standard InChI is InChI=1S/C23H32/c1-5-7-9-12-20(3)22(4)16-18-23(15-6-2,19-17-22)21-13-10-8-11-14-21/h5,7-14H,1,6,15-19H2,2-4H3/b9-7-,20-12+. The first-order chi connectivity index (χ1) is 11.1. The molecule has 1 aromatic rings. The van der Waals surface area contributed by atoms with Gasteiger partial charge >= 0.3 is 0 Å². The minimum atomic E-state index is 0.345. The maximum absolute atomic E-state index is 3.74. The van der Waals surface area contributed by atoms with Gasteiger partial charge in [0.2, 0.25) is 0 Å². The van der Waals surface area contributed by atoms with Crippen LogP contribution in [-0.4, -0.2) is 0 Å². The molecular weight excluding hydrogens is 276 g/mol. The predicted molar refractivity (Wildman–Crippen MR) is 103 cm³/mol. The molecule has 0 unspecified atom stereocenters. The van der Waals surface area contributed by atoms with Crippen LogP contribution < -0.4 is 0 Å². The van der Waals surface area contributed by atoms with E-state index in [4.69, 9.17) is 0 Å². The van der Waals surface area contributed by atoms with Crippen molar-refractivity contribution in [3.63, 3.8) is 0 Å². The summed E-state index contributed by atoms with van der Waals surface area (Å²) in [5.74, 6) is 0. The van der Waals surface area contributed by atoms with Crippen molar-refractivity contribution in [1.29, 1.82) is 0 Å². The summed E-state index contributed by atoms with van der Waals surface area (Å²) in [6.07, 6.45) is 16.0. The molecule has 0 saturated heterocycles. The molecule has 0 spiro atoms. The highest BCUT2D eigenvalue weighted by Gasteiger charge is 2.41. The molecule has 0 atom stereocenters. The lowest BCUT2D eigenvalue weighted by molar-refractivity contribution is 0.167. The summed E-state index contributed by atoms with van der Waals surface area (Å²) in [5.41, 5.74) is 3.80. The first-order valence-electron chi connectivity index (χ1n) is 9.08. The Kier molecular flexibility index (Phi) is 6.04. The number of hydrogen-bond acceptors (Lipinski definition) is 0. The van der Waals surface area contributed by atoms with Crippen molar-refractivity contribution >= 4 is 0 Å². The molecule has 1 aliphatic carbocycles. The van der Waals surface area contributed by atoms with Crippen LogP contribution in [0.3, 0.4) is 0 Å². The summed E-state index contributed by atoms with van der Waals surface area (Å²) in [4.78, 5) is 0. The lowest BCUT2D eigenvalue weighted by Gasteiger charge is -2.46. The number of rotatable bonds is 6. The average Bonchev–Trinajstić information content (AvgIpc) is 2.58. The van der Waals surface area contributed by atoms with E-state index in [1.165, 1.54) is 44.1 Å². The molecule has 0 bridgehead atoms. The molecular formula is C23H32. The molecule has 0 N–H and O–H groups in total. The number of allylic oxidation sites excluding steroid dienone is 5. The van der Waals surface area contributed by atoms with Crippen LogP contribution in [0, 0.1) is 5.41 Å². The summed E-state index contributed by atoms with van der Waals surface area (Å²) < 4.78 is 0. The van der Waals surface area contributed by atoms with Gasteiger partial charge in [0.25, 0.3) is 0 Å². The van der Waals surface area contributed by atoms with Crippen LogP contribution in [0.5, 0.6) is 0 Å². The van der Waals surface area contributed by atoms with Crippen molar-refractivity contribution in [2.45, 2.75) is 64.7 Å². The van der Waals surface area contributed by atoms with E-state index in [2.05, 4.69) is 69.8 Å². The van der Waals surface area contributed by atoms with Crippen LogP contribution in [0.1, 0.15) is 64.9 Å². The second-order valence-corrected chi connectivity index (χ2v) is 7.43. The van der Waals surface area contributed by atoms with Crippen molar-refractivity contribution in [1.82, 2.24) is 0 Å². The SMILES string of the molecule is C=C/C=C\C=C(/C)C1(C)CCC(CCC)(c2ccccc2)CC1. The summed E-state index contributed by atoms with van der Waals surface area (Å²) in [7, 11) is 0. The highest BCUT2D eigenvalue weighted by Crippen LogP contribution is 2.51. The molecule has 0 amide bonds. The average molecular weight is 309 g/mol.